The van der Waals surface area contributed by atoms with Crippen LogP contribution in [0.2, 0.25) is 0 Å². The number of aromatic nitrogens is 2. The molecule has 0 aliphatic rings. The van der Waals surface area contributed by atoms with Gasteiger partial charge in [0.1, 0.15) is 5.69 Å². The van der Waals surface area contributed by atoms with E-state index in [9.17, 15) is 4.79 Å². The van der Waals surface area contributed by atoms with Crippen LogP contribution in [-0.2, 0) is 4.74 Å². The third-order valence-electron chi connectivity index (χ3n) is 2.60. The van der Waals surface area contributed by atoms with Gasteiger partial charge in [0.25, 0.3) is 5.91 Å². The van der Waals surface area contributed by atoms with Crippen LogP contribution < -0.4 is 5.32 Å². The molecule has 0 saturated carbocycles. The second-order valence-electron chi connectivity index (χ2n) is 4.05. The Labute approximate surface area is 110 Å². The Balaban J connectivity index is 2.16. The van der Waals surface area contributed by atoms with Crippen LogP contribution in [0.15, 0.2) is 30.5 Å². The number of methoxy groups -OCH3 is 1. The Morgan fingerprint density at radius 3 is 2.84 bits per heavy atom. The summed E-state index contributed by atoms with van der Waals surface area (Å²) in [6.45, 7) is 0.0455. The number of benzene rings is 1. The predicted octanol–water partition coefficient (Wildman–Crippen LogP) is 0.367. The standard InChI is InChI=1S/C13H15N3O3/c1-19-8-9(7-17)15-13(18)12-6-14-10-4-2-3-5-11(10)16-12/h2-6,9,17H,7-8H2,1H3,(H,15,18). The number of hydrogen-bond donors (Lipinski definition) is 2. The summed E-state index contributed by atoms with van der Waals surface area (Å²) in [4.78, 5) is 20.3. The molecule has 0 radical (unpaired) electrons. The van der Waals surface area contributed by atoms with E-state index in [2.05, 4.69) is 15.3 Å². The van der Waals surface area contributed by atoms with Crippen LogP contribution in [0.5, 0.6) is 0 Å². The van der Waals surface area contributed by atoms with Gasteiger partial charge in [-0.1, -0.05) is 12.1 Å². The number of carbonyl (C=O) groups excluding carboxylic acids is 1. The number of aliphatic hydroxyl groups is 1. The Bertz CT molecular complexity index is 574. The molecule has 1 unspecified atom stereocenters. The van der Waals surface area contributed by atoms with Gasteiger partial charge in [-0.2, -0.15) is 0 Å². The van der Waals surface area contributed by atoms with E-state index in [4.69, 9.17) is 9.84 Å². The maximum Gasteiger partial charge on any atom is 0.271 e. The smallest absolute Gasteiger partial charge is 0.271 e. The molecule has 0 saturated heterocycles. The first-order valence-corrected chi connectivity index (χ1v) is 5.87. The minimum atomic E-state index is -0.453. The van der Waals surface area contributed by atoms with Crippen molar-refractivity contribution in [3.63, 3.8) is 0 Å². The van der Waals surface area contributed by atoms with Gasteiger partial charge in [-0.05, 0) is 12.1 Å². The summed E-state index contributed by atoms with van der Waals surface area (Å²) >= 11 is 0. The molecule has 0 aliphatic heterocycles. The van der Waals surface area contributed by atoms with E-state index in [-0.39, 0.29) is 24.8 Å². The molecule has 0 bridgehead atoms. The maximum atomic E-state index is 12.0. The highest BCUT2D eigenvalue weighted by atomic mass is 16.5. The lowest BCUT2D eigenvalue weighted by atomic mass is 10.2. The monoisotopic (exact) mass is 261 g/mol. The summed E-state index contributed by atoms with van der Waals surface area (Å²) in [6.07, 6.45) is 1.42. The van der Waals surface area contributed by atoms with Gasteiger partial charge in [-0.25, -0.2) is 4.98 Å². The van der Waals surface area contributed by atoms with Crippen LogP contribution in [-0.4, -0.2) is 47.3 Å². The zero-order valence-corrected chi connectivity index (χ0v) is 10.5. The zero-order chi connectivity index (χ0) is 13.7. The SMILES string of the molecule is COCC(CO)NC(=O)c1cnc2ccccc2n1. The lowest BCUT2D eigenvalue weighted by molar-refractivity contribution is 0.0835. The highest BCUT2D eigenvalue weighted by Gasteiger charge is 2.14. The molecule has 1 aromatic heterocycles. The van der Waals surface area contributed by atoms with E-state index in [1.807, 2.05) is 18.2 Å². The number of rotatable bonds is 5. The highest BCUT2D eigenvalue weighted by molar-refractivity contribution is 5.93. The second kappa shape index (κ2) is 6.21. The van der Waals surface area contributed by atoms with E-state index in [0.717, 1.165) is 5.52 Å². The third-order valence-corrected chi connectivity index (χ3v) is 2.60. The molecule has 1 aromatic carbocycles. The van der Waals surface area contributed by atoms with Crippen LogP contribution in [0.25, 0.3) is 11.0 Å². The quantitative estimate of drug-likeness (QED) is 0.812. The average molecular weight is 261 g/mol. The van der Waals surface area contributed by atoms with Gasteiger partial charge in [0.15, 0.2) is 0 Å². The zero-order valence-electron chi connectivity index (χ0n) is 10.5. The first-order chi connectivity index (χ1) is 9.24. The largest absolute Gasteiger partial charge is 0.394 e. The Morgan fingerprint density at radius 1 is 1.42 bits per heavy atom. The molecule has 6 heteroatoms. The van der Waals surface area contributed by atoms with E-state index in [1.54, 1.807) is 6.07 Å². The van der Waals surface area contributed by atoms with Gasteiger partial charge >= 0.3 is 0 Å². The molecular weight excluding hydrogens is 246 g/mol. The van der Waals surface area contributed by atoms with Crippen LogP contribution in [0, 0.1) is 0 Å². The lowest BCUT2D eigenvalue weighted by Crippen LogP contribution is -2.41. The molecule has 0 fully saturated rings. The summed E-state index contributed by atoms with van der Waals surface area (Å²) in [6, 6.07) is 6.85. The lowest BCUT2D eigenvalue weighted by Gasteiger charge is -2.14. The van der Waals surface area contributed by atoms with Crippen LogP contribution in [0.3, 0.4) is 0 Å². The first kappa shape index (κ1) is 13.4. The van der Waals surface area contributed by atoms with Crippen molar-refractivity contribution in [2.45, 2.75) is 6.04 Å². The number of carbonyl (C=O) groups is 1. The topological polar surface area (TPSA) is 84.3 Å². The van der Waals surface area contributed by atoms with Gasteiger partial charge in [0, 0.05) is 7.11 Å². The number of amides is 1. The Hall–Kier alpha value is -2.05. The number of para-hydroxylation sites is 2. The number of ether oxygens (including phenoxy) is 1. The molecule has 0 spiro atoms. The minimum Gasteiger partial charge on any atom is -0.394 e. The summed E-state index contributed by atoms with van der Waals surface area (Å²) in [5.41, 5.74) is 1.60. The van der Waals surface area contributed by atoms with Crippen LogP contribution >= 0.6 is 0 Å². The number of aliphatic hydroxyl groups excluding tert-OH is 1. The molecule has 19 heavy (non-hydrogen) atoms. The van der Waals surface area contributed by atoms with Gasteiger partial charge in [-0.15, -0.1) is 0 Å². The van der Waals surface area contributed by atoms with E-state index in [0.29, 0.717) is 5.52 Å². The van der Waals surface area contributed by atoms with Crippen molar-refractivity contribution in [1.29, 1.82) is 0 Å². The Kier molecular flexibility index (Phi) is 4.38. The van der Waals surface area contributed by atoms with Gasteiger partial charge in [0.05, 0.1) is 36.5 Å². The minimum absolute atomic E-state index is 0.194. The van der Waals surface area contributed by atoms with Crippen molar-refractivity contribution in [3.05, 3.63) is 36.2 Å². The predicted molar refractivity (Wildman–Crippen MR) is 69.8 cm³/mol. The van der Waals surface area contributed by atoms with Crippen molar-refractivity contribution in [1.82, 2.24) is 15.3 Å². The molecule has 100 valence electrons. The Morgan fingerprint density at radius 2 is 2.16 bits per heavy atom. The number of nitrogens with zero attached hydrogens (tertiary/aromatic N) is 2. The van der Waals surface area contributed by atoms with Crippen LogP contribution in [0.4, 0.5) is 0 Å². The molecule has 2 aromatic rings. The van der Waals surface area contributed by atoms with E-state index < -0.39 is 6.04 Å². The summed E-state index contributed by atoms with van der Waals surface area (Å²) in [5.74, 6) is -0.380. The number of fused-ring (bicyclic) bond motifs is 1. The first-order valence-electron chi connectivity index (χ1n) is 5.87. The summed E-state index contributed by atoms with van der Waals surface area (Å²) in [7, 11) is 1.50. The molecule has 2 rings (SSSR count). The molecular formula is C13H15N3O3. The molecule has 1 heterocycles. The average Bonchev–Trinajstić information content (AvgIpc) is 2.46. The number of nitrogens with one attached hydrogen (secondary N) is 1. The fourth-order valence-corrected chi connectivity index (χ4v) is 1.67. The summed E-state index contributed by atoms with van der Waals surface area (Å²) < 4.78 is 4.89. The van der Waals surface area contributed by atoms with Gasteiger partial charge < -0.3 is 15.2 Å². The molecule has 1 amide bonds. The van der Waals surface area contributed by atoms with Crippen molar-refractivity contribution >= 4 is 16.9 Å². The molecule has 0 aliphatic carbocycles. The molecule has 6 nitrogen and oxygen atoms in total. The third kappa shape index (κ3) is 3.24. The van der Waals surface area contributed by atoms with Crippen molar-refractivity contribution in [3.8, 4) is 0 Å². The highest BCUT2D eigenvalue weighted by Crippen LogP contribution is 2.08. The van der Waals surface area contributed by atoms with Crippen LogP contribution in [0.1, 0.15) is 10.5 Å². The second-order valence-corrected chi connectivity index (χ2v) is 4.05. The molecule has 2 N–H and O–H groups in total. The van der Waals surface area contributed by atoms with E-state index in [1.165, 1.54) is 13.3 Å². The van der Waals surface area contributed by atoms with E-state index >= 15 is 0 Å². The van der Waals surface area contributed by atoms with Gasteiger partial charge in [0.2, 0.25) is 0 Å². The number of hydrogen-bond acceptors (Lipinski definition) is 5. The fraction of sp³-hybridized carbons (Fsp3) is 0.308. The van der Waals surface area contributed by atoms with Crippen molar-refractivity contribution in [2.75, 3.05) is 20.3 Å². The fourth-order valence-electron chi connectivity index (χ4n) is 1.67. The van der Waals surface area contributed by atoms with Crippen molar-refractivity contribution < 1.29 is 14.6 Å². The van der Waals surface area contributed by atoms with Crippen molar-refractivity contribution in [2.24, 2.45) is 0 Å². The molecule has 1 atom stereocenters. The summed E-state index contributed by atoms with van der Waals surface area (Å²) in [5, 5.41) is 11.7. The normalized spacial score (nSPS) is 12.3. The maximum absolute atomic E-state index is 12.0. The van der Waals surface area contributed by atoms with Gasteiger partial charge in [-0.3, -0.25) is 9.78 Å².